The summed E-state index contributed by atoms with van der Waals surface area (Å²) in [6, 6.07) is 7.95. The molecule has 36 heavy (non-hydrogen) atoms. The molecule has 0 aliphatic heterocycles. The quantitative estimate of drug-likeness (QED) is 0.489. The number of ether oxygens (including phenoxy) is 3. The molecule has 3 fully saturated rings. The van der Waals surface area contributed by atoms with Crippen LogP contribution in [0.2, 0.25) is 10.0 Å². The predicted molar refractivity (Wildman–Crippen MR) is 129 cm³/mol. The van der Waals surface area contributed by atoms with Crippen LogP contribution in [0.3, 0.4) is 0 Å². The first-order valence-corrected chi connectivity index (χ1v) is 12.2. The summed E-state index contributed by atoms with van der Waals surface area (Å²) in [5.74, 6) is -1.53. The summed E-state index contributed by atoms with van der Waals surface area (Å²) in [7, 11) is 1.57. The second-order valence-corrected chi connectivity index (χ2v) is 10.0. The first-order chi connectivity index (χ1) is 17.1. The summed E-state index contributed by atoms with van der Waals surface area (Å²) in [4.78, 5) is 25.3. The molecule has 7 nitrogen and oxygen atoms in total. The molecule has 3 saturated carbocycles. The van der Waals surface area contributed by atoms with Gasteiger partial charge in [-0.3, -0.25) is 9.59 Å². The minimum absolute atomic E-state index is 0.0262. The zero-order valence-corrected chi connectivity index (χ0v) is 21.1. The minimum atomic E-state index is -0.628. The molecule has 2 N–H and O–H groups in total. The summed E-state index contributed by atoms with van der Waals surface area (Å²) in [6.07, 6.45) is 2.64. The lowest BCUT2D eigenvalue weighted by atomic mass is 9.59. The Morgan fingerprint density at radius 2 is 1.39 bits per heavy atom. The average Bonchev–Trinajstić information content (AvgIpc) is 2.86. The second-order valence-electron chi connectivity index (χ2n) is 9.19. The van der Waals surface area contributed by atoms with Gasteiger partial charge < -0.3 is 24.8 Å². The lowest BCUT2D eigenvalue weighted by Crippen LogP contribution is -2.71. The van der Waals surface area contributed by atoms with Crippen molar-refractivity contribution in [2.45, 2.75) is 49.3 Å². The zero-order chi connectivity index (χ0) is 25.9. The third-order valence-electron chi connectivity index (χ3n) is 6.89. The van der Waals surface area contributed by atoms with Crippen LogP contribution in [0.5, 0.6) is 11.5 Å². The number of carbonyl (C=O) groups excluding carboxylic acids is 2. The monoisotopic (exact) mass is 542 g/mol. The standard InChI is InChI=1S/C25H26Cl2F2N2O5/c1-34-21-12-24(30-22(32)13-35-15-2-4-17(26)19(28)10-15)6-8-25(21,9-7-24)31-23(33)14-36-16-3-5-18(27)20(29)11-16/h2-5,10-11,21H,6-9,12-14H2,1H3,(H,30,32)(H,31,33). The third-order valence-corrected chi connectivity index (χ3v) is 7.50. The van der Waals surface area contributed by atoms with E-state index in [0.29, 0.717) is 32.1 Å². The number of halogens is 4. The summed E-state index contributed by atoms with van der Waals surface area (Å²) in [5, 5.41) is 6.06. The third kappa shape index (κ3) is 5.85. The molecule has 0 aromatic heterocycles. The van der Waals surface area contributed by atoms with E-state index in [2.05, 4.69) is 10.6 Å². The molecule has 11 heteroatoms. The van der Waals surface area contributed by atoms with E-state index in [4.69, 9.17) is 37.4 Å². The molecular formula is C25H26Cl2F2N2O5. The van der Waals surface area contributed by atoms with Gasteiger partial charge in [0.2, 0.25) is 0 Å². The number of hydrogen-bond acceptors (Lipinski definition) is 5. The Bertz CT molecular complexity index is 1140. The van der Waals surface area contributed by atoms with Crippen LogP contribution >= 0.6 is 23.2 Å². The Morgan fingerprint density at radius 3 is 1.86 bits per heavy atom. The first kappa shape index (κ1) is 26.4. The van der Waals surface area contributed by atoms with E-state index in [-0.39, 0.29) is 52.7 Å². The van der Waals surface area contributed by atoms with Crippen molar-refractivity contribution in [2.24, 2.45) is 0 Å². The van der Waals surface area contributed by atoms with Gasteiger partial charge >= 0.3 is 0 Å². The number of carbonyl (C=O) groups is 2. The molecule has 1 atom stereocenters. The molecule has 2 aromatic rings. The summed E-state index contributed by atoms with van der Waals surface area (Å²) < 4.78 is 43.7. The van der Waals surface area contributed by atoms with Crippen molar-refractivity contribution in [3.8, 4) is 11.5 Å². The van der Waals surface area contributed by atoms with E-state index in [1.807, 2.05) is 0 Å². The molecule has 3 aliphatic rings. The lowest BCUT2D eigenvalue weighted by molar-refractivity contribution is -0.139. The van der Waals surface area contributed by atoms with Gasteiger partial charge in [0.25, 0.3) is 11.8 Å². The van der Waals surface area contributed by atoms with Crippen LogP contribution in [0.4, 0.5) is 8.78 Å². The van der Waals surface area contributed by atoms with E-state index >= 15 is 0 Å². The highest BCUT2D eigenvalue weighted by Crippen LogP contribution is 2.48. The van der Waals surface area contributed by atoms with Gasteiger partial charge in [0, 0.05) is 24.8 Å². The number of fused-ring (bicyclic) bond motifs is 3. The Balaban J connectivity index is 1.31. The fourth-order valence-corrected chi connectivity index (χ4v) is 5.25. The van der Waals surface area contributed by atoms with Crippen molar-refractivity contribution in [2.75, 3.05) is 20.3 Å². The summed E-state index contributed by atoms with van der Waals surface area (Å²) >= 11 is 11.3. The molecule has 1 unspecified atom stereocenters. The van der Waals surface area contributed by atoms with E-state index in [9.17, 15) is 18.4 Å². The van der Waals surface area contributed by atoms with Gasteiger partial charge in [-0.25, -0.2) is 8.78 Å². The molecule has 0 radical (unpaired) electrons. The molecular weight excluding hydrogens is 517 g/mol. The van der Waals surface area contributed by atoms with Crippen LogP contribution < -0.4 is 20.1 Å². The molecule has 0 saturated heterocycles. The number of benzene rings is 2. The van der Waals surface area contributed by atoms with Crippen LogP contribution in [-0.2, 0) is 14.3 Å². The van der Waals surface area contributed by atoms with E-state index in [0.717, 1.165) is 12.1 Å². The number of rotatable bonds is 9. The highest BCUT2D eigenvalue weighted by molar-refractivity contribution is 6.31. The van der Waals surface area contributed by atoms with Gasteiger partial charge in [0.1, 0.15) is 23.1 Å². The Morgan fingerprint density at radius 1 is 0.889 bits per heavy atom. The number of methoxy groups -OCH3 is 1. The zero-order valence-electron chi connectivity index (χ0n) is 19.5. The number of amides is 2. The van der Waals surface area contributed by atoms with Crippen molar-refractivity contribution in [1.29, 1.82) is 0 Å². The highest BCUT2D eigenvalue weighted by Gasteiger charge is 2.56. The fourth-order valence-electron chi connectivity index (χ4n) is 5.02. The van der Waals surface area contributed by atoms with Crippen LogP contribution in [0, 0.1) is 11.6 Å². The molecule has 194 valence electrons. The Kier molecular flexibility index (Phi) is 7.92. The molecule has 2 aromatic carbocycles. The molecule has 0 heterocycles. The molecule has 2 bridgehead atoms. The van der Waals surface area contributed by atoms with Crippen molar-refractivity contribution in [1.82, 2.24) is 10.6 Å². The van der Waals surface area contributed by atoms with Gasteiger partial charge in [-0.15, -0.1) is 0 Å². The highest BCUT2D eigenvalue weighted by atomic mass is 35.5. The van der Waals surface area contributed by atoms with Crippen molar-refractivity contribution in [3.05, 3.63) is 58.1 Å². The average molecular weight is 543 g/mol. The van der Waals surface area contributed by atoms with Crippen molar-refractivity contribution >= 4 is 35.0 Å². The summed E-state index contributed by atoms with van der Waals surface area (Å²) in [6.45, 7) is -0.561. The second kappa shape index (κ2) is 10.8. The SMILES string of the molecule is COC1CC2(NC(=O)COc3ccc(Cl)c(F)c3)CCC1(NC(=O)COc1ccc(Cl)c(F)c1)CC2. The smallest absolute Gasteiger partial charge is 0.258 e. The van der Waals surface area contributed by atoms with Gasteiger partial charge in [-0.1, -0.05) is 23.2 Å². The normalized spacial score (nSPS) is 24.8. The molecule has 5 rings (SSSR count). The van der Waals surface area contributed by atoms with Gasteiger partial charge in [0.05, 0.1) is 21.7 Å². The van der Waals surface area contributed by atoms with Gasteiger partial charge in [0.15, 0.2) is 13.2 Å². The van der Waals surface area contributed by atoms with E-state index in [1.165, 1.54) is 24.3 Å². The fraction of sp³-hybridized carbons (Fsp3) is 0.440. The maximum Gasteiger partial charge on any atom is 0.258 e. The minimum Gasteiger partial charge on any atom is -0.484 e. The van der Waals surface area contributed by atoms with E-state index in [1.54, 1.807) is 7.11 Å². The number of hydrogen-bond donors (Lipinski definition) is 2. The van der Waals surface area contributed by atoms with Crippen LogP contribution in [-0.4, -0.2) is 49.3 Å². The Labute approximate surface area is 217 Å². The maximum atomic E-state index is 13.6. The van der Waals surface area contributed by atoms with Crippen LogP contribution in [0.1, 0.15) is 32.1 Å². The van der Waals surface area contributed by atoms with Gasteiger partial charge in [-0.05, 0) is 56.4 Å². The van der Waals surface area contributed by atoms with E-state index < -0.39 is 22.7 Å². The topological polar surface area (TPSA) is 85.9 Å². The van der Waals surface area contributed by atoms with Crippen LogP contribution in [0.15, 0.2) is 36.4 Å². The maximum absolute atomic E-state index is 13.6. The van der Waals surface area contributed by atoms with Gasteiger partial charge in [-0.2, -0.15) is 0 Å². The number of nitrogens with one attached hydrogen (secondary N) is 2. The molecule has 3 aliphatic carbocycles. The summed E-state index contributed by atoms with van der Waals surface area (Å²) in [5.41, 5.74) is -1.08. The molecule has 0 spiro atoms. The van der Waals surface area contributed by atoms with Crippen molar-refractivity contribution in [3.63, 3.8) is 0 Å². The van der Waals surface area contributed by atoms with Crippen LogP contribution in [0.25, 0.3) is 0 Å². The largest absolute Gasteiger partial charge is 0.484 e. The first-order valence-electron chi connectivity index (χ1n) is 11.4. The lowest BCUT2D eigenvalue weighted by Gasteiger charge is -2.57. The van der Waals surface area contributed by atoms with Crippen molar-refractivity contribution < 1.29 is 32.6 Å². The Hall–Kier alpha value is -2.62. The predicted octanol–water partition coefficient (Wildman–Crippen LogP) is 4.43. The molecule has 2 amide bonds.